The molecule has 7 heteroatoms. The molecule has 1 atom stereocenters. The Balaban J connectivity index is 1.68. The average molecular weight is 419 g/mol. The molecular formula is C19H21BrN3O3+. The van der Waals surface area contributed by atoms with Gasteiger partial charge in [0, 0.05) is 53.5 Å². The lowest BCUT2D eigenvalue weighted by molar-refractivity contribution is -0.736. The predicted molar refractivity (Wildman–Crippen MR) is 104 cm³/mol. The van der Waals surface area contributed by atoms with Crippen molar-refractivity contribution in [2.24, 2.45) is 0 Å². The maximum absolute atomic E-state index is 12.8. The molecule has 0 aromatic heterocycles. The standard InChI is InChI=1S/C19H21BrN3O3/c1-14-13-21(17-6-8-18(9-7-17)23(25)26-2)10-11-22(14)19(24)15-4-3-5-16(20)12-15/h3-9,12,14H,10-11,13H2,1-2H3/q+1. The number of hydrogen-bond donors (Lipinski definition) is 0. The van der Waals surface area contributed by atoms with E-state index >= 15 is 0 Å². The van der Waals surface area contributed by atoms with Crippen LogP contribution in [-0.4, -0.2) is 48.5 Å². The van der Waals surface area contributed by atoms with Gasteiger partial charge in [-0.05, 0) is 37.3 Å². The van der Waals surface area contributed by atoms with Gasteiger partial charge in [-0.15, -0.1) is 0 Å². The highest BCUT2D eigenvalue weighted by atomic mass is 79.9. The Morgan fingerprint density at radius 1 is 1.19 bits per heavy atom. The highest BCUT2D eigenvalue weighted by molar-refractivity contribution is 9.10. The van der Waals surface area contributed by atoms with Gasteiger partial charge in [0.2, 0.25) is 0 Å². The molecule has 0 aliphatic carbocycles. The second kappa shape index (κ2) is 7.86. The molecule has 6 nitrogen and oxygen atoms in total. The lowest BCUT2D eigenvalue weighted by Crippen LogP contribution is -2.54. The number of rotatable bonds is 4. The molecule has 1 saturated heterocycles. The molecule has 26 heavy (non-hydrogen) atoms. The third-order valence-electron chi connectivity index (χ3n) is 4.55. The molecule has 0 N–H and O–H groups in total. The molecule has 2 aromatic carbocycles. The summed E-state index contributed by atoms with van der Waals surface area (Å²) < 4.78 is 0.901. The van der Waals surface area contributed by atoms with E-state index in [1.165, 1.54) is 7.11 Å². The second-order valence-corrected chi connectivity index (χ2v) is 7.18. The molecule has 0 bridgehead atoms. The van der Waals surface area contributed by atoms with Gasteiger partial charge in [0.25, 0.3) is 10.8 Å². The molecule has 1 heterocycles. The average Bonchev–Trinajstić information content (AvgIpc) is 2.67. The normalized spacial score (nSPS) is 17.1. The van der Waals surface area contributed by atoms with Gasteiger partial charge in [0.05, 0.1) is 4.91 Å². The zero-order chi connectivity index (χ0) is 18.7. The molecular weight excluding hydrogens is 398 g/mol. The number of anilines is 1. The summed E-state index contributed by atoms with van der Waals surface area (Å²) >= 11 is 3.42. The Labute approximate surface area is 161 Å². The summed E-state index contributed by atoms with van der Waals surface area (Å²) in [6.45, 7) is 4.19. The fourth-order valence-electron chi connectivity index (χ4n) is 3.17. The molecule has 0 radical (unpaired) electrons. The molecule has 1 aliphatic rings. The van der Waals surface area contributed by atoms with E-state index in [9.17, 15) is 9.70 Å². The van der Waals surface area contributed by atoms with Crippen LogP contribution in [0.3, 0.4) is 0 Å². The maximum atomic E-state index is 12.8. The summed E-state index contributed by atoms with van der Waals surface area (Å²) in [6, 6.07) is 14.8. The molecule has 1 unspecified atom stereocenters. The van der Waals surface area contributed by atoms with Crippen molar-refractivity contribution in [2.45, 2.75) is 13.0 Å². The number of halogens is 1. The van der Waals surface area contributed by atoms with E-state index in [-0.39, 0.29) is 11.9 Å². The largest absolute Gasteiger partial charge is 0.368 e. The minimum Gasteiger partial charge on any atom is -0.368 e. The highest BCUT2D eigenvalue weighted by Crippen LogP contribution is 2.24. The third-order valence-corrected chi connectivity index (χ3v) is 5.04. The quantitative estimate of drug-likeness (QED) is 0.709. The van der Waals surface area contributed by atoms with Crippen LogP contribution in [0.4, 0.5) is 11.4 Å². The van der Waals surface area contributed by atoms with Crippen molar-refractivity contribution in [3.05, 3.63) is 63.5 Å². The van der Waals surface area contributed by atoms with Crippen molar-refractivity contribution in [3.63, 3.8) is 0 Å². The number of nitrogens with zero attached hydrogens (tertiary/aromatic N) is 3. The van der Waals surface area contributed by atoms with Crippen LogP contribution in [-0.2, 0) is 4.84 Å². The zero-order valence-electron chi connectivity index (χ0n) is 14.8. The topological polar surface area (TPSA) is 52.9 Å². The number of piperazine rings is 1. The van der Waals surface area contributed by atoms with Gasteiger partial charge in [-0.3, -0.25) is 4.79 Å². The molecule has 2 aromatic rings. The fraction of sp³-hybridized carbons (Fsp3) is 0.316. The Morgan fingerprint density at radius 2 is 1.92 bits per heavy atom. The lowest BCUT2D eigenvalue weighted by atomic mass is 10.1. The Hall–Kier alpha value is -2.41. The van der Waals surface area contributed by atoms with Crippen molar-refractivity contribution in [1.29, 1.82) is 0 Å². The van der Waals surface area contributed by atoms with E-state index in [0.29, 0.717) is 22.7 Å². The third kappa shape index (κ3) is 3.88. The van der Waals surface area contributed by atoms with Crippen molar-refractivity contribution in [2.75, 3.05) is 31.6 Å². The van der Waals surface area contributed by atoms with Crippen LogP contribution in [0.2, 0.25) is 0 Å². The molecule has 1 fully saturated rings. The Kier molecular flexibility index (Phi) is 5.56. The number of benzene rings is 2. The Morgan fingerprint density at radius 3 is 2.54 bits per heavy atom. The first-order valence-electron chi connectivity index (χ1n) is 8.42. The summed E-state index contributed by atoms with van der Waals surface area (Å²) in [5.41, 5.74) is 2.17. The van der Waals surface area contributed by atoms with Crippen LogP contribution in [0.25, 0.3) is 0 Å². The van der Waals surface area contributed by atoms with Gasteiger partial charge in [0.1, 0.15) is 0 Å². The highest BCUT2D eigenvalue weighted by Gasteiger charge is 2.28. The number of carbonyl (C=O) groups excluding carboxylic acids is 1. The summed E-state index contributed by atoms with van der Waals surface area (Å²) in [7, 11) is 1.34. The monoisotopic (exact) mass is 418 g/mol. The second-order valence-electron chi connectivity index (χ2n) is 6.26. The van der Waals surface area contributed by atoms with Crippen molar-refractivity contribution in [1.82, 2.24) is 4.90 Å². The van der Waals surface area contributed by atoms with Gasteiger partial charge < -0.3 is 9.80 Å². The Bertz CT molecular complexity index is 810. The first-order chi connectivity index (χ1) is 12.5. The van der Waals surface area contributed by atoms with Crippen molar-refractivity contribution < 1.29 is 14.6 Å². The minimum atomic E-state index is 0.0517. The van der Waals surface area contributed by atoms with E-state index in [1.807, 2.05) is 41.3 Å². The minimum absolute atomic E-state index is 0.0517. The van der Waals surface area contributed by atoms with Gasteiger partial charge in [-0.2, -0.15) is 0 Å². The number of carbonyl (C=O) groups is 1. The smallest absolute Gasteiger partial charge is 0.316 e. The predicted octanol–water partition coefficient (Wildman–Crippen LogP) is 3.77. The summed E-state index contributed by atoms with van der Waals surface area (Å²) in [5.74, 6) is 0.0517. The number of amides is 1. The van der Waals surface area contributed by atoms with Gasteiger partial charge in [-0.1, -0.05) is 22.0 Å². The zero-order valence-corrected chi connectivity index (χ0v) is 16.3. The summed E-state index contributed by atoms with van der Waals surface area (Å²) in [6.07, 6.45) is 0. The summed E-state index contributed by atoms with van der Waals surface area (Å²) in [4.78, 5) is 33.5. The SMILES string of the molecule is CO[N+](=O)c1ccc(N2CCN(C(=O)c3cccc(Br)c3)C(C)C2)cc1. The molecule has 136 valence electrons. The van der Waals surface area contributed by atoms with Gasteiger partial charge in [0.15, 0.2) is 7.11 Å². The summed E-state index contributed by atoms with van der Waals surface area (Å²) in [5, 5.41) is 0. The van der Waals surface area contributed by atoms with Crippen LogP contribution in [0, 0.1) is 4.91 Å². The molecule has 0 saturated carbocycles. The fourth-order valence-corrected chi connectivity index (χ4v) is 3.57. The van der Waals surface area contributed by atoms with E-state index < -0.39 is 0 Å². The van der Waals surface area contributed by atoms with E-state index in [1.54, 1.807) is 12.1 Å². The van der Waals surface area contributed by atoms with Crippen LogP contribution in [0.1, 0.15) is 17.3 Å². The lowest BCUT2D eigenvalue weighted by Gasteiger charge is -2.41. The van der Waals surface area contributed by atoms with E-state index in [2.05, 4.69) is 32.6 Å². The van der Waals surface area contributed by atoms with Crippen LogP contribution < -0.4 is 4.90 Å². The molecule has 1 aliphatic heterocycles. The number of hydrogen-bond acceptors (Lipinski definition) is 4. The van der Waals surface area contributed by atoms with Crippen LogP contribution >= 0.6 is 15.9 Å². The van der Waals surface area contributed by atoms with Crippen molar-refractivity contribution in [3.8, 4) is 0 Å². The molecule has 1 amide bonds. The maximum Gasteiger partial charge on any atom is 0.316 e. The first-order valence-corrected chi connectivity index (χ1v) is 9.22. The van der Waals surface area contributed by atoms with E-state index in [0.717, 1.165) is 23.2 Å². The van der Waals surface area contributed by atoms with Crippen molar-refractivity contribution >= 4 is 33.2 Å². The van der Waals surface area contributed by atoms with Gasteiger partial charge in [-0.25, -0.2) is 4.84 Å². The first kappa shape index (κ1) is 18.4. The molecule has 3 rings (SSSR count). The van der Waals surface area contributed by atoms with E-state index in [4.69, 9.17) is 0 Å². The van der Waals surface area contributed by atoms with Crippen LogP contribution in [0.15, 0.2) is 53.0 Å². The van der Waals surface area contributed by atoms with Gasteiger partial charge >= 0.3 is 5.69 Å². The van der Waals surface area contributed by atoms with Crippen LogP contribution in [0.5, 0.6) is 0 Å². The molecule has 0 spiro atoms.